The van der Waals surface area contributed by atoms with Crippen LogP contribution in [0, 0.1) is 22.5 Å². The van der Waals surface area contributed by atoms with E-state index in [0.29, 0.717) is 26.5 Å². The molecule has 9 heteroatoms. The van der Waals surface area contributed by atoms with Crippen molar-refractivity contribution in [1.29, 1.82) is 0 Å². The quantitative estimate of drug-likeness (QED) is 0.377. The van der Waals surface area contributed by atoms with Crippen molar-refractivity contribution in [3.8, 4) is 23.8 Å². The van der Waals surface area contributed by atoms with Gasteiger partial charge in [-0.1, -0.05) is 29.4 Å². The zero-order valence-electron chi connectivity index (χ0n) is 15.3. The van der Waals surface area contributed by atoms with Gasteiger partial charge in [-0.25, -0.2) is 0 Å². The fourth-order valence-electron chi connectivity index (χ4n) is 3.05. The topological polar surface area (TPSA) is 96.0 Å². The lowest BCUT2D eigenvalue weighted by Crippen LogP contribution is -2.43. The van der Waals surface area contributed by atoms with Crippen LogP contribution in [0.4, 0.5) is 5.69 Å². The minimum absolute atomic E-state index is 0.0428. The molecule has 0 saturated carbocycles. The molecule has 2 unspecified atom stereocenters. The van der Waals surface area contributed by atoms with E-state index in [2.05, 4.69) is 10.9 Å². The summed E-state index contributed by atoms with van der Waals surface area (Å²) in [6.07, 6.45) is 4.02. The first kappa shape index (κ1) is 18.7. The monoisotopic (exact) mass is 409 g/mol. The third-order valence-electron chi connectivity index (χ3n) is 4.42. The van der Waals surface area contributed by atoms with Crippen molar-refractivity contribution < 1.29 is 19.2 Å². The third kappa shape index (κ3) is 3.46. The van der Waals surface area contributed by atoms with Crippen LogP contribution in [-0.2, 0) is 11.3 Å². The summed E-state index contributed by atoms with van der Waals surface area (Å²) in [5, 5.41) is 11.0. The van der Waals surface area contributed by atoms with Crippen LogP contribution in [0.1, 0.15) is 6.92 Å². The first-order valence-corrected chi connectivity index (χ1v) is 9.51. The van der Waals surface area contributed by atoms with Gasteiger partial charge in [0, 0.05) is 12.1 Å². The summed E-state index contributed by atoms with van der Waals surface area (Å²) in [7, 11) is 0. The summed E-state index contributed by atoms with van der Waals surface area (Å²) in [6.45, 7) is 1.90. The molecular formula is C20H15N3O5S. The van der Waals surface area contributed by atoms with Crippen molar-refractivity contribution in [2.75, 3.05) is 0 Å². The summed E-state index contributed by atoms with van der Waals surface area (Å²) in [4.78, 5) is 28.0. The van der Waals surface area contributed by atoms with Gasteiger partial charge in [-0.2, -0.15) is 4.99 Å². The molecule has 0 bridgehead atoms. The standard InChI is InChI=1S/C20H15N3O5S/c1-3-10-22-14-9-8-13(23(25)26)11-17(14)29-20(22)21-19(24)18-12(2)27-15-6-4-5-7-16(15)28-18/h1,4-9,11-12,18H,10H2,2H3. The molecule has 0 saturated heterocycles. The molecule has 29 heavy (non-hydrogen) atoms. The Labute approximate surface area is 169 Å². The molecule has 1 amide bonds. The van der Waals surface area contributed by atoms with Gasteiger partial charge in [0.1, 0.15) is 6.10 Å². The van der Waals surface area contributed by atoms with E-state index >= 15 is 0 Å². The van der Waals surface area contributed by atoms with Crippen molar-refractivity contribution >= 4 is 33.1 Å². The molecule has 2 atom stereocenters. The summed E-state index contributed by atoms with van der Waals surface area (Å²) in [6, 6.07) is 11.5. The highest BCUT2D eigenvalue weighted by atomic mass is 32.1. The van der Waals surface area contributed by atoms with E-state index in [1.807, 2.05) is 6.07 Å². The Morgan fingerprint density at radius 2 is 2.03 bits per heavy atom. The molecule has 1 aliphatic rings. The van der Waals surface area contributed by atoms with Crippen molar-refractivity contribution in [2.24, 2.45) is 4.99 Å². The van der Waals surface area contributed by atoms with Crippen LogP contribution < -0.4 is 14.3 Å². The Kier molecular flexibility index (Phi) is 4.78. The summed E-state index contributed by atoms with van der Waals surface area (Å²) >= 11 is 1.15. The third-order valence-corrected chi connectivity index (χ3v) is 5.46. The number of benzene rings is 2. The number of hydrogen-bond acceptors (Lipinski definition) is 6. The van der Waals surface area contributed by atoms with Gasteiger partial charge in [-0.3, -0.25) is 14.9 Å². The fourth-order valence-corrected chi connectivity index (χ4v) is 4.12. The number of nitrogens with zero attached hydrogens (tertiary/aromatic N) is 3. The van der Waals surface area contributed by atoms with Crippen molar-refractivity contribution in [3.63, 3.8) is 0 Å². The van der Waals surface area contributed by atoms with E-state index in [0.717, 1.165) is 11.3 Å². The van der Waals surface area contributed by atoms with Gasteiger partial charge < -0.3 is 14.0 Å². The van der Waals surface area contributed by atoms with Crippen LogP contribution in [0.5, 0.6) is 11.5 Å². The number of carbonyl (C=O) groups is 1. The molecule has 0 fully saturated rings. The van der Waals surface area contributed by atoms with Crippen LogP contribution in [-0.4, -0.2) is 27.6 Å². The Hall–Kier alpha value is -3.64. The van der Waals surface area contributed by atoms with Crippen LogP contribution in [0.25, 0.3) is 10.2 Å². The predicted octanol–water partition coefficient (Wildman–Crippen LogP) is 2.90. The van der Waals surface area contributed by atoms with Crippen LogP contribution in [0.3, 0.4) is 0 Å². The maximum absolute atomic E-state index is 12.9. The number of aromatic nitrogens is 1. The van der Waals surface area contributed by atoms with Gasteiger partial charge in [0.2, 0.25) is 6.10 Å². The Balaban J connectivity index is 1.75. The van der Waals surface area contributed by atoms with Gasteiger partial charge in [-0.15, -0.1) is 6.42 Å². The van der Waals surface area contributed by atoms with E-state index < -0.39 is 23.0 Å². The minimum atomic E-state index is -0.913. The molecule has 0 spiro atoms. The normalized spacial score (nSPS) is 18.4. The maximum Gasteiger partial charge on any atom is 0.293 e. The Bertz CT molecular complexity index is 1240. The number of amides is 1. The number of fused-ring (bicyclic) bond motifs is 2. The van der Waals surface area contributed by atoms with Crippen molar-refractivity contribution in [2.45, 2.75) is 25.7 Å². The molecule has 4 rings (SSSR count). The molecule has 2 aromatic carbocycles. The number of nitro benzene ring substituents is 1. The molecule has 0 radical (unpaired) electrons. The number of nitro groups is 1. The van der Waals surface area contributed by atoms with E-state index in [1.54, 1.807) is 35.8 Å². The average Bonchev–Trinajstić information content (AvgIpc) is 3.04. The highest BCUT2D eigenvalue weighted by Crippen LogP contribution is 2.33. The number of terminal acetylenes is 1. The molecular weight excluding hydrogens is 394 g/mol. The molecule has 3 aromatic rings. The molecule has 0 aliphatic carbocycles. The molecule has 1 aliphatic heterocycles. The first-order chi connectivity index (χ1) is 14.0. The first-order valence-electron chi connectivity index (χ1n) is 8.70. The minimum Gasteiger partial charge on any atom is -0.482 e. The van der Waals surface area contributed by atoms with Crippen molar-refractivity contribution in [3.05, 3.63) is 57.4 Å². The van der Waals surface area contributed by atoms with Crippen molar-refractivity contribution in [1.82, 2.24) is 4.57 Å². The van der Waals surface area contributed by atoms with E-state index in [4.69, 9.17) is 15.9 Å². The average molecular weight is 409 g/mol. The smallest absolute Gasteiger partial charge is 0.293 e. The lowest BCUT2D eigenvalue weighted by molar-refractivity contribution is -0.384. The fraction of sp³-hybridized carbons (Fsp3) is 0.200. The van der Waals surface area contributed by atoms with Gasteiger partial charge in [0.25, 0.3) is 11.6 Å². The summed E-state index contributed by atoms with van der Waals surface area (Å²) < 4.78 is 13.8. The Morgan fingerprint density at radius 1 is 1.31 bits per heavy atom. The maximum atomic E-state index is 12.9. The van der Waals surface area contributed by atoms with Gasteiger partial charge in [-0.05, 0) is 25.1 Å². The Morgan fingerprint density at radius 3 is 2.72 bits per heavy atom. The largest absolute Gasteiger partial charge is 0.482 e. The number of carbonyl (C=O) groups excluding carboxylic acids is 1. The second-order valence-electron chi connectivity index (χ2n) is 6.34. The van der Waals surface area contributed by atoms with E-state index in [1.165, 1.54) is 12.1 Å². The highest BCUT2D eigenvalue weighted by molar-refractivity contribution is 7.16. The lowest BCUT2D eigenvalue weighted by atomic mass is 10.1. The molecule has 146 valence electrons. The number of para-hydroxylation sites is 2. The molecule has 0 N–H and O–H groups in total. The SMILES string of the molecule is C#CCn1c(=NC(=O)C2Oc3ccccc3OC2C)sc2cc([N+](=O)[O-])ccc21. The lowest BCUT2D eigenvalue weighted by Gasteiger charge is -2.29. The van der Waals surface area contributed by atoms with Gasteiger partial charge in [0.15, 0.2) is 16.3 Å². The van der Waals surface area contributed by atoms with Gasteiger partial charge >= 0.3 is 0 Å². The summed E-state index contributed by atoms with van der Waals surface area (Å²) in [5.74, 6) is 3.05. The number of ether oxygens (including phenoxy) is 2. The number of thiazole rings is 1. The zero-order chi connectivity index (χ0) is 20.5. The zero-order valence-corrected chi connectivity index (χ0v) is 16.1. The number of rotatable bonds is 3. The predicted molar refractivity (Wildman–Crippen MR) is 107 cm³/mol. The second kappa shape index (κ2) is 7.41. The van der Waals surface area contributed by atoms with Gasteiger partial charge in [0.05, 0.1) is 21.7 Å². The number of hydrogen-bond donors (Lipinski definition) is 0. The molecule has 2 heterocycles. The van der Waals surface area contributed by atoms with Crippen LogP contribution >= 0.6 is 11.3 Å². The van der Waals surface area contributed by atoms with E-state index in [-0.39, 0.29) is 12.2 Å². The molecule has 8 nitrogen and oxygen atoms in total. The highest BCUT2D eigenvalue weighted by Gasteiger charge is 2.34. The molecule has 1 aromatic heterocycles. The van der Waals surface area contributed by atoms with E-state index in [9.17, 15) is 14.9 Å². The number of non-ortho nitro benzene ring substituents is 1. The second-order valence-corrected chi connectivity index (χ2v) is 7.35. The van der Waals surface area contributed by atoms with Crippen LogP contribution in [0.15, 0.2) is 47.5 Å². The summed E-state index contributed by atoms with van der Waals surface area (Å²) in [5.41, 5.74) is 0.628. The van der Waals surface area contributed by atoms with Crippen LogP contribution in [0.2, 0.25) is 0 Å².